The minimum Gasteiger partial charge on any atom is -0.399 e. The number of anilines is 1. The summed E-state index contributed by atoms with van der Waals surface area (Å²) in [7, 11) is -3.48. The Morgan fingerprint density at radius 1 is 1.30 bits per heavy atom. The normalized spacial score (nSPS) is 11.7. The molecular formula is C13H15ClN2O2S2. The molecule has 4 nitrogen and oxygen atoms in total. The van der Waals surface area contributed by atoms with Crippen LogP contribution in [0.5, 0.6) is 0 Å². The average Bonchev–Trinajstić information content (AvgIpc) is 2.73. The van der Waals surface area contributed by atoms with Crippen molar-refractivity contribution < 1.29 is 8.42 Å². The van der Waals surface area contributed by atoms with Gasteiger partial charge in [-0.15, -0.1) is 11.3 Å². The molecule has 3 N–H and O–H groups in total. The number of nitrogens with two attached hydrogens (primary N) is 1. The molecule has 7 heteroatoms. The predicted octanol–water partition coefficient (Wildman–Crippen LogP) is 2.81. The van der Waals surface area contributed by atoms with Gasteiger partial charge >= 0.3 is 0 Å². The van der Waals surface area contributed by atoms with E-state index in [1.807, 2.05) is 12.1 Å². The first-order valence-electron chi connectivity index (χ1n) is 5.98. The fourth-order valence-electron chi connectivity index (χ4n) is 1.65. The summed E-state index contributed by atoms with van der Waals surface area (Å²) in [5.74, 6) is 0. The Balaban J connectivity index is 1.97. The first kappa shape index (κ1) is 15.3. The highest BCUT2D eigenvalue weighted by molar-refractivity contribution is 7.91. The summed E-state index contributed by atoms with van der Waals surface area (Å²) >= 11 is 6.96. The van der Waals surface area contributed by atoms with Crippen molar-refractivity contribution in [3.8, 4) is 0 Å². The number of hydrogen-bond donors (Lipinski definition) is 2. The molecule has 2 aromatic rings. The van der Waals surface area contributed by atoms with Gasteiger partial charge in [-0.3, -0.25) is 0 Å². The highest BCUT2D eigenvalue weighted by atomic mass is 35.5. The standard InChI is InChI=1S/C13H15ClN2O2S2/c1-9-8-12(19-13(9)14)20(17,18)16-7-6-10-2-4-11(15)5-3-10/h2-5,8,16H,6-7,15H2,1H3. The van der Waals surface area contributed by atoms with Crippen molar-refractivity contribution in [2.45, 2.75) is 17.6 Å². The number of sulfonamides is 1. The highest BCUT2D eigenvalue weighted by Crippen LogP contribution is 2.29. The van der Waals surface area contributed by atoms with Gasteiger partial charge in [0.15, 0.2) is 0 Å². The molecule has 2 rings (SSSR count). The summed E-state index contributed by atoms with van der Waals surface area (Å²) in [5, 5.41) is 0. The lowest BCUT2D eigenvalue weighted by atomic mass is 10.1. The molecule has 0 saturated heterocycles. The van der Waals surface area contributed by atoms with Crippen molar-refractivity contribution in [1.82, 2.24) is 4.72 Å². The summed E-state index contributed by atoms with van der Waals surface area (Å²) in [6, 6.07) is 8.95. The predicted molar refractivity (Wildman–Crippen MR) is 83.8 cm³/mol. The van der Waals surface area contributed by atoms with E-state index in [0.29, 0.717) is 23.0 Å². The molecule has 0 saturated carbocycles. The SMILES string of the molecule is Cc1cc(S(=O)(=O)NCCc2ccc(N)cc2)sc1Cl. The van der Waals surface area contributed by atoms with Crippen LogP contribution in [-0.2, 0) is 16.4 Å². The summed E-state index contributed by atoms with van der Waals surface area (Å²) in [5.41, 5.74) is 8.09. The Hall–Kier alpha value is -1.08. The van der Waals surface area contributed by atoms with Crippen LogP contribution >= 0.6 is 22.9 Å². The Bertz CT molecular complexity index is 674. The quantitative estimate of drug-likeness (QED) is 0.828. The molecule has 20 heavy (non-hydrogen) atoms. The molecule has 0 bridgehead atoms. The number of thiophene rings is 1. The van der Waals surface area contributed by atoms with Gasteiger partial charge in [0.1, 0.15) is 4.21 Å². The number of nitrogens with one attached hydrogen (secondary N) is 1. The third-order valence-electron chi connectivity index (χ3n) is 2.78. The number of halogens is 1. The number of benzene rings is 1. The third-order valence-corrected chi connectivity index (χ3v) is 6.27. The highest BCUT2D eigenvalue weighted by Gasteiger charge is 2.17. The summed E-state index contributed by atoms with van der Waals surface area (Å²) in [6.45, 7) is 2.12. The number of hydrogen-bond acceptors (Lipinski definition) is 4. The van der Waals surface area contributed by atoms with Crippen LogP contribution in [0.15, 0.2) is 34.5 Å². The zero-order chi connectivity index (χ0) is 14.8. The third kappa shape index (κ3) is 3.73. The van der Waals surface area contributed by atoms with E-state index < -0.39 is 10.0 Å². The second-order valence-corrected chi connectivity index (χ2v) is 8.06. The molecule has 0 radical (unpaired) electrons. The summed E-state index contributed by atoms with van der Waals surface area (Å²) in [6.07, 6.45) is 0.609. The van der Waals surface area contributed by atoms with Crippen LogP contribution in [0.25, 0.3) is 0 Å². The van der Waals surface area contributed by atoms with Crippen LogP contribution < -0.4 is 10.5 Å². The Labute approximate surface area is 127 Å². The average molecular weight is 331 g/mol. The molecule has 0 aliphatic heterocycles. The van der Waals surface area contributed by atoms with Crippen LogP contribution in [0.1, 0.15) is 11.1 Å². The lowest BCUT2D eigenvalue weighted by Crippen LogP contribution is -2.25. The van der Waals surface area contributed by atoms with Gasteiger partial charge < -0.3 is 5.73 Å². The summed E-state index contributed by atoms with van der Waals surface area (Å²) in [4.78, 5) is 0. The van der Waals surface area contributed by atoms with Crippen molar-refractivity contribution in [1.29, 1.82) is 0 Å². The van der Waals surface area contributed by atoms with E-state index in [0.717, 1.165) is 22.5 Å². The van der Waals surface area contributed by atoms with Gasteiger partial charge in [0.05, 0.1) is 4.34 Å². The van der Waals surface area contributed by atoms with E-state index >= 15 is 0 Å². The van der Waals surface area contributed by atoms with E-state index in [1.54, 1.807) is 25.1 Å². The lowest BCUT2D eigenvalue weighted by Gasteiger charge is -2.05. The van der Waals surface area contributed by atoms with Crippen LogP contribution in [0.2, 0.25) is 4.34 Å². The fraction of sp³-hybridized carbons (Fsp3) is 0.231. The topological polar surface area (TPSA) is 72.2 Å². The van der Waals surface area contributed by atoms with Gasteiger partial charge in [-0.25, -0.2) is 13.1 Å². The molecule has 1 heterocycles. The van der Waals surface area contributed by atoms with Gasteiger partial charge in [0, 0.05) is 12.2 Å². The monoisotopic (exact) mass is 330 g/mol. The molecule has 0 amide bonds. The molecule has 108 valence electrons. The van der Waals surface area contributed by atoms with Gasteiger partial charge in [0.2, 0.25) is 10.0 Å². The largest absolute Gasteiger partial charge is 0.399 e. The molecule has 0 atom stereocenters. The van der Waals surface area contributed by atoms with Crippen LogP contribution in [0.4, 0.5) is 5.69 Å². The molecule has 1 aromatic carbocycles. The molecule has 0 spiro atoms. The first-order chi connectivity index (χ1) is 9.38. The van der Waals surface area contributed by atoms with Crippen molar-refractivity contribution in [2.75, 3.05) is 12.3 Å². The van der Waals surface area contributed by atoms with E-state index in [9.17, 15) is 8.42 Å². The van der Waals surface area contributed by atoms with Crippen molar-refractivity contribution >= 4 is 38.6 Å². The van der Waals surface area contributed by atoms with Crippen LogP contribution in [-0.4, -0.2) is 15.0 Å². The van der Waals surface area contributed by atoms with E-state index in [1.165, 1.54) is 0 Å². The maximum Gasteiger partial charge on any atom is 0.250 e. The Morgan fingerprint density at radius 2 is 1.95 bits per heavy atom. The van der Waals surface area contributed by atoms with E-state index in [2.05, 4.69) is 4.72 Å². The minimum atomic E-state index is -3.48. The van der Waals surface area contributed by atoms with Crippen molar-refractivity contribution in [3.63, 3.8) is 0 Å². The number of aryl methyl sites for hydroxylation is 1. The van der Waals surface area contributed by atoms with E-state index in [-0.39, 0.29) is 4.21 Å². The molecule has 1 aromatic heterocycles. The van der Waals surface area contributed by atoms with Crippen LogP contribution in [0, 0.1) is 6.92 Å². The first-order valence-corrected chi connectivity index (χ1v) is 8.66. The fourth-order valence-corrected chi connectivity index (χ4v) is 4.43. The van der Waals surface area contributed by atoms with Gasteiger partial charge in [-0.05, 0) is 42.7 Å². The van der Waals surface area contributed by atoms with Crippen molar-refractivity contribution in [3.05, 3.63) is 45.8 Å². The van der Waals surface area contributed by atoms with Gasteiger partial charge in [-0.1, -0.05) is 23.7 Å². The summed E-state index contributed by atoms with van der Waals surface area (Å²) < 4.78 is 27.4. The zero-order valence-corrected chi connectivity index (χ0v) is 13.3. The maximum absolute atomic E-state index is 12.1. The smallest absolute Gasteiger partial charge is 0.250 e. The molecule has 0 fully saturated rings. The second kappa shape index (κ2) is 6.13. The molecule has 0 aliphatic carbocycles. The maximum atomic E-state index is 12.1. The number of nitrogen functional groups attached to an aromatic ring is 1. The lowest BCUT2D eigenvalue weighted by molar-refractivity contribution is 0.583. The Morgan fingerprint density at radius 3 is 2.50 bits per heavy atom. The molecular weight excluding hydrogens is 316 g/mol. The molecule has 0 aliphatic rings. The Kier molecular flexibility index (Phi) is 4.70. The van der Waals surface area contributed by atoms with Crippen molar-refractivity contribution in [2.24, 2.45) is 0 Å². The minimum absolute atomic E-state index is 0.248. The van der Waals surface area contributed by atoms with E-state index in [4.69, 9.17) is 17.3 Å². The number of rotatable bonds is 5. The zero-order valence-electron chi connectivity index (χ0n) is 10.9. The molecule has 0 unspecified atom stereocenters. The van der Waals surface area contributed by atoms with Gasteiger partial charge in [-0.2, -0.15) is 0 Å². The second-order valence-electron chi connectivity index (χ2n) is 4.41. The van der Waals surface area contributed by atoms with Gasteiger partial charge in [0.25, 0.3) is 0 Å². The van der Waals surface area contributed by atoms with Crippen LogP contribution in [0.3, 0.4) is 0 Å².